The average Bonchev–Trinajstić information content (AvgIpc) is 2.85. The number of hydrogen-bond acceptors (Lipinski definition) is 5. The molecule has 6 heteroatoms. The molecule has 108 valence electrons. The molecule has 0 spiro atoms. The molecule has 1 atom stereocenters. The van der Waals surface area contributed by atoms with Crippen molar-refractivity contribution in [2.75, 3.05) is 18.9 Å². The summed E-state index contributed by atoms with van der Waals surface area (Å²) in [6.45, 7) is 1.94. The van der Waals surface area contributed by atoms with E-state index in [0.717, 1.165) is 35.6 Å². The molecule has 0 bridgehead atoms. The average molecular weight is 300 g/mol. The van der Waals surface area contributed by atoms with Gasteiger partial charge in [-0.15, -0.1) is 11.3 Å². The Morgan fingerprint density at radius 3 is 2.95 bits per heavy atom. The van der Waals surface area contributed by atoms with Crippen molar-refractivity contribution in [2.24, 2.45) is 0 Å². The molecule has 1 amide bonds. The highest BCUT2D eigenvalue weighted by Gasteiger charge is 2.32. The van der Waals surface area contributed by atoms with Crippen molar-refractivity contribution in [3.8, 4) is 0 Å². The van der Waals surface area contributed by atoms with Crippen molar-refractivity contribution in [3.05, 3.63) is 46.1 Å². The second kappa shape index (κ2) is 4.82. The Labute approximate surface area is 127 Å². The van der Waals surface area contributed by atoms with Gasteiger partial charge in [0.2, 0.25) is 0 Å². The van der Waals surface area contributed by atoms with Crippen LogP contribution >= 0.6 is 11.3 Å². The van der Waals surface area contributed by atoms with E-state index in [1.807, 2.05) is 12.1 Å². The maximum absolute atomic E-state index is 12.5. The van der Waals surface area contributed by atoms with Gasteiger partial charge in [-0.25, -0.2) is 0 Å². The highest BCUT2D eigenvalue weighted by molar-refractivity contribution is 7.16. The molecule has 2 N–H and O–H groups in total. The van der Waals surface area contributed by atoms with Crippen LogP contribution in [0.4, 0.5) is 5.00 Å². The number of nitrogens with one attached hydrogen (secondary N) is 2. The zero-order valence-electron chi connectivity index (χ0n) is 11.7. The number of thiophene rings is 1. The number of amides is 1. The largest absolute Gasteiger partial charge is 0.353 e. The number of likely N-dealkylation sites (N-methyl/N-ethyl adjacent to an activating group) is 1. The summed E-state index contributed by atoms with van der Waals surface area (Å²) in [5.41, 5.74) is 3.10. The van der Waals surface area contributed by atoms with Crippen LogP contribution in [0.15, 0.2) is 24.5 Å². The van der Waals surface area contributed by atoms with Crippen LogP contribution in [0.1, 0.15) is 32.5 Å². The van der Waals surface area contributed by atoms with Gasteiger partial charge in [-0.2, -0.15) is 0 Å². The molecule has 4 rings (SSSR count). The van der Waals surface area contributed by atoms with Gasteiger partial charge < -0.3 is 15.5 Å². The van der Waals surface area contributed by atoms with Gasteiger partial charge in [0.05, 0.1) is 5.56 Å². The zero-order chi connectivity index (χ0) is 14.4. The zero-order valence-corrected chi connectivity index (χ0v) is 12.5. The maximum atomic E-state index is 12.5. The Kier molecular flexibility index (Phi) is 2.94. The van der Waals surface area contributed by atoms with Crippen LogP contribution in [0.2, 0.25) is 0 Å². The summed E-state index contributed by atoms with van der Waals surface area (Å²) in [7, 11) is 2.12. The first-order chi connectivity index (χ1) is 10.2. The van der Waals surface area contributed by atoms with Crippen LogP contribution in [0, 0.1) is 0 Å². The number of pyridine rings is 1. The van der Waals surface area contributed by atoms with Crippen LogP contribution < -0.4 is 10.6 Å². The Bertz CT molecular complexity index is 697. The highest BCUT2D eigenvalue weighted by atomic mass is 32.1. The van der Waals surface area contributed by atoms with Crippen molar-refractivity contribution in [3.63, 3.8) is 0 Å². The first kappa shape index (κ1) is 12.8. The molecule has 0 aromatic carbocycles. The minimum Gasteiger partial charge on any atom is -0.353 e. The summed E-state index contributed by atoms with van der Waals surface area (Å²) < 4.78 is 0. The van der Waals surface area contributed by atoms with Crippen LogP contribution in [-0.4, -0.2) is 29.4 Å². The molecule has 21 heavy (non-hydrogen) atoms. The van der Waals surface area contributed by atoms with Gasteiger partial charge in [-0.3, -0.25) is 9.78 Å². The van der Waals surface area contributed by atoms with E-state index in [0.29, 0.717) is 0 Å². The molecule has 0 unspecified atom stereocenters. The van der Waals surface area contributed by atoms with E-state index in [9.17, 15) is 4.79 Å². The summed E-state index contributed by atoms with van der Waals surface area (Å²) in [4.78, 5) is 20.1. The molecule has 2 aromatic heterocycles. The molecular formula is C15H16N4OS. The van der Waals surface area contributed by atoms with Crippen molar-refractivity contribution in [1.82, 2.24) is 15.2 Å². The molecule has 2 aliphatic rings. The fourth-order valence-electron chi connectivity index (χ4n) is 2.97. The Morgan fingerprint density at radius 1 is 1.33 bits per heavy atom. The first-order valence-corrected chi connectivity index (χ1v) is 7.84. The molecule has 0 fully saturated rings. The van der Waals surface area contributed by atoms with Gasteiger partial charge in [-0.1, -0.05) is 0 Å². The van der Waals surface area contributed by atoms with Crippen molar-refractivity contribution < 1.29 is 4.79 Å². The third kappa shape index (κ3) is 2.11. The fourth-order valence-corrected chi connectivity index (χ4v) is 4.32. The normalized spacial score (nSPS) is 21.2. The molecular weight excluding hydrogens is 284 g/mol. The number of carbonyl (C=O) groups is 1. The third-order valence-corrected chi connectivity index (χ3v) is 5.21. The number of rotatable bonds is 1. The fraction of sp³-hybridized carbons (Fsp3) is 0.333. The van der Waals surface area contributed by atoms with Crippen molar-refractivity contribution in [1.29, 1.82) is 0 Å². The highest BCUT2D eigenvalue weighted by Crippen LogP contribution is 2.40. The lowest BCUT2D eigenvalue weighted by Gasteiger charge is -2.27. The summed E-state index contributed by atoms with van der Waals surface area (Å²) in [5, 5.41) is 7.51. The molecule has 4 heterocycles. The monoisotopic (exact) mass is 300 g/mol. The van der Waals surface area contributed by atoms with E-state index in [2.05, 4.69) is 27.6 Å². The van der Waals surface area contributed by atoms with Gasteiger partial charge in [0.1, 0.15) is 11.2 Å². The summed E-state index contributed by atoms with van der Waals surface area (Å²) in [6.07, 6.45) is 4.26. The van der Waals surface area contributed by atoms with Gasteiger partial charge in [0, 0.05) is 30.4 Å². The predicted octanol–water partition coefficient (Wildman–Crippen LogP) is 1.99. The second-order valence-electron chi connectivity index (χ2n) is 5.53. The van der Waals surface area contributed by atoms with E-state index >= 15 is 0 Å². The second-order valence-corrected chi connectivity index (χ2v) is 6.63. The molecule has 0 aliphatic carbocycles. The Balaban J connectivity index is 1.71. The van der Waals surface area contributed by atoms with Crippen LogP contribution in [0.5, 0.6) is 0 Å². The molecule has 5 nitrogen and oxygen atoms in total. The smallest absolute Gasteiger partial charge is 0.256 e. The summed E-state index contributed by atoms with van der Waals surface area (Å²) in [5.74, 6) is 0.0348. The minimum atomic E-state index is -0.175. The topological polar surface area (TPSA) is 57.3 Å². The van der Waals surface area contributed by atoms with E-state index in [-0.39, 0.29) is 12.1 Å². The lowest BCUT2D eigenvalue weighted by Crippen LogP contribution is -2.38. The number of anilines is 1. The Morgan fingerprint density at radius 2 is 2.14 bits per heavy atom. The minimum absolute atomic E-state index is 0.0348. The van der Waals surface area contributed by atoms with E-state index in [1.54, 1.807) is 23.7 Å². The number of carbonyl (C=O) groups excluding carboxylic acids is 1. The van der Waals surface area contributed by atoms with E-state index < -0.39 is 0 Å². The quantitative estimate of drug-likeness (QED) is 0.845. The molecule has 0 saturated carbocycles. The van der Waals surface area contributed by atoms with Crippen LogP contribution in [0.25, 0.3) is 0 Å². The lowest BCUT2D eigenvalue weighted by molar-refractivity contribution is 0.0935. The number of hydrogen-bond donors (Lipinski definition) is 2. The molecule has 0 radical (unpaired) electrons. The standard InChI is InChI=1S/C15H16N4OS/c1-19-7-4-10-11(8-19)21-15-12(10)14(20)17-13(18-15)9-2-5-16-6-3-9/h2-3,5-6,13,18H,4,7-8H2,1H3,(H,17,20)/t13-/m0/s1. The van der Waals surface area contributed by atoms with Crippen LogP contribution in [-0.2, 0) is 13.0 Å². The number of nitrogens with zero attached hydrogens (tertiary/aromatic N) is 2. The molecule has 2 aliphatic heterocycles. The van der Waals surface area contributed by atoms with Gasteiger partial charge in [0.15, 0.2) is 0 Å². The van der Waals surface area contributed by atoms with E-state index in [1.165, 1.54) is 10.4 Å². The molecule has 0 saturated heterocycles. The number of fused-ring (bicyclic) bond motifs is 3. The van der Waals surface area contributed by atoms with Gasteiger partial charge in [0.25, 0.3) is 5.91 Å². The summed E-state index contributed by atoms with van der Waals surface area (Å²) >= 11 is 1.71. The van der Waals surface area contributed by atoms with Crippen molar-refractivity contribution in [2.45, 2.75) is 19.1 Å². The molecule has 2 aromatic rings. The van der Waals surface area contributed by atoms with Crippen LogP contribution in [0.3, 0.4) is 0 Å². The Hall–Kier alpha value is -1.92. The third-order valence-electron chi connectivity index (χ3n) is 4.07. The first-order valence-electron chi connectivity index (χ1n) is 7.03. The van der Waals surface area contributed by atoms with Gasteiger partial charge in [-0.05, 0) is 36.7 Å². The lowest BCUT2D eigenvalue weighted by atomic mass is 10.0. The number of aromatic nitrogens is 1. The predicted molar refractivity (Wildman–Crippen MR) is 82.4 cm³/mol. The maximum Gasteiger partial charge on any atom is 0.256 e. The van der Waals surface area contributed by atoms with E-state index in [4.69, 9.17) is 0 Å². The summed E-state index contributed by atoms with van der Waals surface area (Å²) in [6, 6.07) is 3.84. The SMILES string of the molecule is CN1CCc2c(sc3c2C(=O)N[C@H](c2ccncc2)N3)C1. The van der Waals surface area contributed by atoms with Gasteiger partial charge >= 0.3 is 0 Å². The van der Waals surface area contributed by atoms with Crippen molar-refractivity contribution >= 4 is 22.2 Å².